The van der Waals surface area contributed by atoms with Gasteiger partial charge in [0.2, 0.25) is 0 Å². The number of nitrogens with one attached hydrogen (secondary N) is 2. The summed E-state index contributed by atoms with van der Waals surface area (Å²) in [4.78, 5) is 17.0. The van der Waals surface area contributed by atoms with E-state index in [0.29, 0.717) is 34.9 Å². The van der Waals surface area contributed by atoms with Crippen molar-refractivity contribution in [2.75, 3.05) is 31.3 Å². The number of thiazole rings is 1. The van der Waals surface area contributed by atoms with Crippen molar-refractivity contribution < 1.29 is 9.53 Å². The molecule has 1 aromatic heterocycles. The summed E-state index contributed by atoms with van der Waals surface area (Å²) in [5.74, 6) is 0.860. The summed E-state index contributed by atoms with van der Waals surface area (Å²) in [7, 11) is 1.64. The Morgan fingerprint density at radius 2 is 2.33 bits per heavy atom. The third-order valence-electron chi connectivity index (χ3n) is 3.71. The van der Waals surface area contributed by atoms with Gasteiger partial charge < -0.3 is 21.1 Å². The Labute approximate surface area is 129 Å². The number of carbonyl (C=O) groups is 1. The number of hydrogen-bond donors (Lipinski definition) is 3. The van der Waals surface area contributed by atoms with Crippen LogP contribution in [-0.4, -0.2) is 37.2 Å². The number of hydrogen-bond acceptors (Lipinski definition) is 6. The summed E-state index contributed by atoms with van der Waals surface area (Å²) in [6, 6.07) is 0.257. The van der Waals surface area contributed by atoms with Crippen molar-refractivity contribution in [3.8, 4) is 0 Å². The SMILES string of the molecule is COCCNc1nc(N)c(C(=O)NC2CCCC(C)C2)s1. The van der Waals surface area contributed by atoms with Gasteiger partial charge in [0.1, 0.15) is 10.7 Å². The summed E-state index contributed by atoms with van der Waals surface area (Å²) in [6.45, 7) is 3.46. The second-order valence-electron chi connectivity index (χ2n) is 5.60. The summed E-state index contributed by atoms with van der Waals surface area (Å²) >= 11 is 1.29. The van der Waals surface area contributed by atoms with Gasteiger partial charge in [-0.2, -0.15) is 0 Å². The van der Waals surface area contributed by atoms with Crippen molar-refractivity contribution in [2.45, 2.75) is 38.6 Å². The second kappa shape index (κ2) is 7.61. The highest BCUT2D eigenvalue weighted by Crippen LogP contribution is 2.27. The summed E-state index contributed by atoms with van der Waals surface area (Å²) in [5.41, 5.74) is 5.85. The first kappa shape index (κ1) is 16.0. The minimum absolute atomic E-state index is 0.108. The van der Waals surface area contributed by atoms with Crippen LogP contribution in [-0.2, 0) is 4.74 Å². The largest absolute Gasteiger partial charge is 0.383 e. The van der Waals surface area contributed by atoms with Gasteiger partial charge in [-0.1, -0.05) is 31.1 Å². The maximum atomic E-state index is 12.3. The zero-order chi connectivity index (χ0) is 15.2. The first-order valence-corrected chi connectivity index (χ1v) is 8.21. The molecule has 1 heterocycles. The second-order valence-corrected chi connectivity index (χ2v) is 6.59. The molecule has 0 aromatic carbocycles. The number of rotatable bonds is 6. The Hall–Kier alpha value is -1.34. The van der Waals surface area contributed by atoms with Crippen molar-refractivity contribution in [1.29, 1.82) is 0 Å². The van der Waals surface area contributed by atoms with Crippen LogP contribution in [0.15, 0.2) is 0 Å². The van der Waals surface area contributed by atoms with Crippen molar-refractivity contribution in [3.05, 3.63) is 4.88 Å². The highest BCUT2D eigenvalue weighted by Gasteiger charge is 2.23. The minimum Gasteiger partial charge on any atom is -0.383 e. The van der Waals surface area contributed by atoms with E-state index in [1.165, 1.54) is 24.2 Å². The van der Waals surface area contributed by atoms with Gasteiger partial charge in [0.15, 0.2) is 5.13 Å². The molecule has 2 atom stereocenters. The number of amides is 1. The molecule has 1 amide bonds. The van der Waals surface area contributed by atoms with Gasteiger partial charge in [-0.25, -0.2) is 4.98 Å². The van der Waals surface area contributed by atoms with E-state index >= 15 is 0 Å². The molecule has 0 radical (unpaired) electrons. The average molecular weight is 312 g/mol. The third kappa shape index (κ3) is 4.57. The lowest BCUT2D eigenvalue weighted by Crippen LogP contribution is -2.37. The standard InChI is InChI=1S/C14H24N4O2S/c1-9-4-3-5-10(8-9)17-13(19)11-12(15)18-14(21-11)16-6-7-20-2/h9-10H,3-8,15H2,1-2H3,(H,16,18)(H,17,19). The zero-order valence-corrected chi connectivity index (χ0v) is 13.5. The van der Waals surface area contributed by atoms with Gasteiger partial charge in [-0.3, -0.25) is 4.79 Å². The highest BCUT2D eigenvalue weighted by atomic mass is 32.1. The zero-order valence-electron chi connectivity index (χ0n) is 12.6. The van der Waals surface area contributed by atoms with Gasteiger partial charge in [0, 0.05) is 19.7 Å². The van der Waals surface area contributed by atoms with Gasteiger partial charge in [0.25, 0.3) is 5.91 Å². The van der Waals surface area contributed by atoms with Crippen LogP contribution in [0.5, 0.6) is 0 Å². The van der Waals surface area contributed by atoms with E-state index in [4.69, 9.17) is 10.5 Å². The van der Waals surface area contributed by atoms with E-state index in [-0.39, 0.29) is 11.9 Å². The Balaban J connectivity index is 1.92. The maximum absolute atomic E-state index is 12.3. The monoisotopic (exact) mass is 312 g/mol. The molecule has 0 spiro atoms. The third-order valence-corrected chi connectivity index (χ3v) is 4.74. The number of nitrogens with two attached hydrogens (primary N) is 1. The highest BCUT2D eigenvalue weighted by molar-refractivity contribution is 7.18. The van der Waals surface area contributed by atoms with E-state index in [9.17, 15) is 4.79 Å². The van der Waals surface area contributed by atoms with Crippen LogP contribution in [0.1, 0.15) is 42.3 Å². The van der Waals surface area contributed by atoms with Gasteiger partial charge in [-0.05, 0) is 18.8 Å². The van der Waals surface area contributed by atoms with Crippen molar-refractivity contribution >= 4 is 28.2 Å². The molecule has 1 aliphatic rings. The van der Waals surface area contributed by atoms with Crippen LogP contribution in [0.3, 0.4) is 0 Å². The molecule has 1 fully saturated rings. The molecule has 0 bridgehead atoms. The van der Waals surface area contributed by atoms with Crippen LogP contribution in [0.2, 0.25) is 0 Å². The van der Waals surface area contributed by atoms with E-state index in [1.807, 2.05) is 0 Å². The van der Waals surface area contributed by atoms with E-state index in [2.05, 4.69) is 22.5 Å². The molecule has 2 unspecified atom stereocenters. The molecule has 0 saturated heterocycles. The Morgan fingerprint density at radius 3 is 3.05 bits per heavy atom. The number of anilines is 2. The normalized spacial score (nSPS) is 22.0. The topological polar surface area (TPSA) is 89.3 Å². The first-order valence-electron chi connectivity index (χ1n) is 7.40. The van der Waals surface area contributed by atoms with E-state index in [0.717, 1.165) is 12.8 Å². The van der Waals surface area contributed by atoms with Crippen LogP contribution in [0.4, 0.5) is 10.9 Å². The molecule has 21 heavy (non-hydrogen) atoms. The molecule has 4 N–H and O–H groups in total. The lowest BCUT2D eigenvalue weighted by molar-refractivity contribution is 0.0926. The van der Waals surface area contributed by atoms with Crippen LogP contribution >= 0.6 is 11.3 Å². The fourth-order valence-electron chi connectivity index (χ4n) is 2.65. The van der Waals surface area contributed by atoms with Gasteiger partial charge in [-0.15, -0.1) is 0 Å². The lowest BCUT2D eigenvalue weighted by Gasteiger charge is -2.27. The predicted molar refractivity (Wildman–Crippen MR) is 85.8 cm³/mol. The molecule has 1 aliphatic carbocycles. The Bertz CT molecular complexity index is 478. The molecule has 6 nitrogen and oxygen atoms in total. The van der Waals surface area contributed by atoms with E-state index in [1.54, 1.807) is 7.11 Å². The van der Waals surface area contributed by atoms with E-state index < -0.39 is 0 Å². The fourth-order valence-corrected chi connectivity index (χ4v) is 3.46. The Morgan fingerprint density at radius 1 is 1.52 bits per heavy atom. The molecule has 118 valence electrons. The predicted octanol–water partition coefficient (Wildman–Crippen LogP) is 2.09. The molecule has 2 rings (SSSR count). The van der Waals surface area contributed by atoms with Crippen LogP contribution < -0.4 is 16.4 Å². The average Bonchev–Trinajstić information content (AvgIpc) is 2.80. The number of aromatic nitrogens is 1. The molecule has 1 aromatic rings. The summed E-state index contributed by atoms with van der Waals surface area (Å²) in [6.07, 6.45) is 4.52. The molecular formula is C14H24N4O2S. The van der Waals surface area contributed by atoms with Gasteiger partial charge >= 0.3 is 0 Å². The summed E-state index contributed by atoms with van der Waals surface area (Å²) in [5, 5.41) is 6.84. The van der Waals surface area contributed by atoms with Crippen LogP contribution in [0, 0.1) is 5.92 Å². The van der Waals surface area contributed by atoms with Crippen molar-refractivity contribution in [1.82, 2.24) is 10.3 Å². The number of methoxy groups -OCH3 is 1. The minimum atomic E-state index is -0.108. The molecule has 0 aliphatic heterocycles. The van der Waals surface area contributed by atoms with Crippen molar-refractivity contribution in [2.24, 2.45) is 5.92 Å². The maximum Gasteiger partial charge on any atom is 0.265 e. The number of carbonyl (C=O) groups excluding carboxylic acids is 1. The lowest BCUT2D eigenvalue weighted by atomic mass is 9.87. The molecular weight excluding hydrogens is 288 g/mol. The number of ether oxygens (including phenoxy) is 1. The van der Waals surface area contributed by atoms with Crippen molar-refractivity contribution in [3.63, 3.8) is 0 Å². The van der Waals surface area contributed by atoms with Gasteiger partial charge in [0.05, 0.1) is 6.61 Å². The fraction of sp³-hybridized carbons (Fsp3) is 0.714. The van der Waals surface area contributed by atoms with Crippen LogP contribution in [0.25, 0.3) is 0 Å². The number of nitrogen functional groups attached to an aromatic ring is 1. The molecule has 7 heteroatoms. The smallest absolute Gasteiger partial charge is 0.265 e. The quantitative estimate of drug-likeness (QED) is 0.700. The first-order chi connectivity index (χ1) is 10.1. The molecule has 1 saturated carbocycles. The number of nitrogens with zero attached hydrogens (tertiary/aromatic N) is 1. The Kier molecular flexibility index (Phi) is 5.81. The summed E-state index contributed by atoms with van der Waals surface area (Å²) < 4.78 is 4.96.